The molecule has 0 fully saturated rings. The first-order valence-corrected chi connectivity index (χ1v) is 20.0. The third kappa shape index (κ3) is 4.67. The second kappa shape index (κ2) is 12.2. The molecule has 274 valence electrons. The summed E-state index contributed by atoms with van der Waals surface area (Å²) < 4.78 is 11.5. The number of aromatic nitrogens is 4. The average Bonchev–Trinajstić information content (AvgIpc) is 3.96. The first kappa shape index (κ1) is 32.1. The number of furan rings is 1. The van der Waals surface area contributed by atoms with Crippen LogP contribution in [-0.4, -0.2) is 19.1 Å². The zero-order valence-corrected chi connectivity index (χ0v) is 31.7. The van der Waals surface area contributed by atoms with Gasteiger partial charge in [-0.1, -0.05) is 133 Å². The van der Waals surface area contributed by atoms with Gasteiger partial charge in [-0.05, 0) is 82.6 Å². The molecular formula is C54H32N4O. The lowest BCUT2D eigenvalue weighted by molar-refractivity contribution is 0.671. The van der Waals surface area contributed by atoms with E-state index >= 15 is 0 Å². The quantitative estimate of drug-likeness (QED) is 0.180. The number of benzene rings is 9. The number of nitrogens with zero attached hydrogens (tertiary/aromatic N) is 4. The largest absolute Gasteiger partial charge is 0.454 e. The molecular weight excluding hydrogens is 721 g/mol. The van der Waals surface area contributed by atoms with Gasteiger partial charge in [0.25, 0.3) is 0 Å². The number of hydrogen-bond acceptors (Lipinski definition) is 3. The van der Waals surface area contributed by atoms with Gasteiger partial charge in [-0.25, -0.2) is 9.97 Å². The van der Waals surface area contributed by atoms with E-state index in [-0.39, 0.29) is 0 Å². The monoisotopic (exact) mass is 752 g/mol. The maximum absolute atomic E-state index is 6.90. The van der Waals surface area contributed by atoms with Crippen molar-refractivity contribution < 1.29 is 4.42 Å². The molecule has 0 aliphatic carbocycles. The summed E-state index contributed by atoms with van der Waals surface area (Å²) in [4.78, 5) is 10.8. The molecule has 0 aliphatic rings. The van der Waals surface area contributed by atoms with Crippen molar-refractivity contribution in [1.29, 1.82) is 0 Å². The lowest BCUT2D eigenvalue weighted by Crippen LogP contribution is -2.03. The van der Waals surface area contributed by atoms with Crippen molar-refractivity contribution in [3.05, 3.63) is 194 Å². The summed E-state index contributed by atoms with van der Waals surface area (Å²) in [6, 6.07) is 68.9. The van der Waals surface area contributed by atoms with E-state index in [1.807, 2.05) is 6.07 Å². The summed E-state index contributed by atoms with van der Waals surface area (Å²) in [5.74, 6) is 0.596. The first-order valence-electron chi connectivity index (χ1n) is 20.0. The van der Waals surface area contributed by atoms with Crippen LogP contribution >= 0.6 is 0 Å². The topological polar surface area (TPSA) is 48.8 Å². The van der Waals surface area contributed by atoms with Crippen molar-refractivity contribution in [2.75, 3.05) is 0 Å². The fourth-order valence-corrected chi connectivity index (χ4v) is 9.48. The van der Waals surface area contributed by atoms with Gasteiger partial charge >= 0.3 is 0 Å². The highest BCUT2D eigenvalue weighted by Crippen LogP contribution is 2.46. The maximum atomic E-state index is 6.90. The van der Waals surface area contributed by atoms with Crippen LogP contribution in [0.25, 0.3) is 121 Å². The van der Waals surface area contributed by atoms with Crippen LogP contribution in [0, 0.1) is 0 Å². The van der Waals surface area contributed by atoms with Gasteiger partial charge in [0.2, 0.25) is 5.95 Å². The van der Waals surface area contributed by atoms with Crippen LogP contribution in [0.1, 0.15) is 0 Å². The zero-order chi connectivity index (χ0) is 38.6. The zero-order valence-electron chi connectivity index (χ0n) is 31.7. The fraction of sp³-hybridized carbons (Fsp3) is 0. The van der Waals surface area contributed by atoms with Crippen LogP contribution in [0.2, 0.25) is 0 Å². The molecule has 9 aromatic carbocycles. The second-order valence-corrected chi connectivity index (χ2v) is 15.3. The van der Waals surface area contributed by atoms with Crippen LogP contribution < -0.4 is 0 Å². The standard InChI is InChI=1S/C54H32N4O/c1-2-16-37(17-3-1)57-46-23-11-7-18-38(46)43-31-35(28-29-48(43)57)42-32-44-39-19-9-13-25-49(39)59-53(44)52-50(42)41-21-8-12-24-47(41)58(52)54-55-45-22-10-6-20-40(45)51(56-54)36-27-26-33-14-4-5-15-34(33)30-36/h1-32H. The highest BCUT2D eigenvalue weighted by atomic mass is 16.3. The van der Waals surface area contributed by atoms with Crippen LogP contribution in [0.3, 0.4) is 0 Å². The van der Waals surface area contributed by atoms with Crippen molar-refractivity contribution in [2.45, 2.75) is 0 Å². The van der Waals surface area contributed by atoms with E-state index < -0.39 is 0 Å². The molecule has 0 atom stereocenters. The Balaban J connectivity index is 1.15. The normalized spacial score (nSPS) is 12.1. The summed E-state index contributed by atoms with van der Waals surface area (Å²) in [5, 5.41) is 10.1. The van der Waals surface area contributed by atoms with E-state index in [9.17, 15) is 0 Å². The molecule has 59 heavy (non-hydrogen) atoms. The highest BCUT2D eigenvalue weighted by molar-refractivity contribution is 6.26. The van der Waals surface area contributed by atoms with E-state index in [2.05, 4.69) is 197 Å². The fourth-order valence-electron chi connectivity index (χ4n) is 9.48. The third-order valence-electron chi connectivity index (χ3n) is 12.1. The van der Waals surface area contributed by atoms with Crippen LogP contribution in [-0.2, 0) is 0 Å². The van der Waals surface area contributed by atoms with Gasteiger partial charge in [0.15, 0.2) is 5.58 Å². The molecule has 0 spiro atoms. The summed E-state index contributed by atoms with van der Waals surface area (Å²) in [5.41, 5.74) is 12.2. The summed E-state index contributed by atoms with van der Waals surface area (Å²) in [7, 11) is 0. The molecule has 0 bridgehead atoms. The summed E-state index contributed by atoms with van der Waals surface area (Å²) >= 11 is 0. The smallest absolute Gasteiger partial charge is 0.235 e. The van der Waals surface area contributed by atoms with Crippen molar-refractivity contribution in [3.8, 4) is 34.0 Å². The Bertz CT molecular complexity index is 3850. The lowest BCUT2D eigenvalue weighted by Gasteiger charge is -2.13. The lowest BCUT2D eigenvalue weighted by atomic mass is 9.95. The Hall–Kier alpha value is -8.02. The van der Waals surface area contributed by atoms with Gasteiger partial charge in [-0.15, -0.1) is 0 Å². The molecule has 4 aromatic heterocycles. The Morgan fingerprint density at radius 1 is 0.407 bits per heavy atom. The molecule has 0 N–H and O–H groups in total. The molecule has 0 saturated heterocycles. The van der Waals surface area contributed by atoms with E-state index in [1.165, 1.54) is 32.6 Å². The van der Waals surface area contributed by atoms with Crippen LogP contribution in [0.5, 0.6) is 0 Å². The number of para-hydroxylation sites is 5. The molecule has 0 unspecified atom stereocenters. The van der Waals surface area contributed by atoms with Crippen molar-refractivity contribution in [3.63, 3.8) is 0 Å². The molecule has 5 heteroatoms. The Morgan fingerprint density at radius 3 is 1.93 bits per heavy atom. The Morgan fingerprint density at radius 2 is 1.07 bits per heavy atom. The van der Waals surface area contributed by atoms with E-state index in [4.69, 9.17) is 14.4 Å². The first-order chi connectivity index (χ1) is 29.3. The number of fused-ring (bicyclic) bond motifs is 12. The van der Waals surface area contributed by atoms with Crippen LogP contribution in [0.15, 0.2) is 199 Å². The third-order valence-corrected chi connectivity index (χ3v) is 12.1. The van der Waals surface area contributed by atoms with Gasteiger partial charge in [0, 0.05) is 49.0 Å². The average molecular weight is 753 g/mol. The van der Waals surface area contributed by atoms with Crippen molar-refractivity contribution >= 4 is 87.2 Å². The molecule has 0 amide bonds. The highest BCUT2D eigenvalue weighted by Gasteiger charge is 2.25. The molecule has 0 radical (unpaired) electrons. The molecule has 0 aliphatic heterocycles. The Kier molecular flexibility index (Phi) is 6.66. The molecule has 4 heterocycles. The number of hydrogen-bond donors (Lipinski definition) is 0. The van der Waals surface area contributed by atoms with Gasteiger partial charge in [0.05, 0.1) is 27.8 Å². The van der Waals surface area contributed by atoms with Gasteiger partial charge in [-0.3, -0.25) is 4.57 Å². The minimum atomic E-state index is 0.596. The van der Waals surface area contributed by atoms with Gasteiger partial charge < -0.3 is 8.98 Å². The van der Waals surface area contributed by atoms with Crippen LogP contribution in [0.4, 0.5) is 0 Å². The summed E-state index contributed by atoms with van der Waals surface area (Å²) in [6.45, 7) is 0. The van der Waals surface area contributed by atoms with Crippen molar-refractivity contribution in [1.82, 2.24) is 19.1 Å². The van der Waals surface area contributed by atoms with Gasteiger partial charge in [0.1, 0.15) is 11.1 Å². The predicted octanol–water partition coefficient (Wildman–Crippen LogP) is 14.2. The number of rotatable bonds is 4. The van der Waals surface area contributed by atoms with Crippen molar-refractivity contribution in [2.24, 2.45) is 0 Å². The Labute approximate surface area is 337 Å². The van der Waals surface area contributed by atoms with E-state index in [0.29, 0.717) is 5.95 Å². The second-order valence-electron chi connectivity index (χ2n) is 15.3. The molecule has 0 saturated carbocycles. The maximum Gasteiger partial charge on any atom is 0.235 e. The van der Waals surface area contributed by atoms with Gasteiger partial charge in [-0.2, -0.15) is 0 Å². The molecule has 5 nitrogen and oxygen atoms in total. The summed E-state index contributed by atoms with van der Waals surface area (Å²) in [6.07, 6.45) is 0. The molecule has 13 aromatic rings. The van der Waals surface area contributed by atoms with E-state index in [0.717, 1.165) is 82.7 Å². The minimum absolute atomic E-state index is 0.596. The SMILES string of the molecule is c1ccc(-n2c3ccccc3c3cc(-c4cc5c6ccccc6oc5c5c4c4ccccc4n5-c4nc(-c5ccc6ccccc6c5)c5ccccc5n4)ccc32)cc1. The molecule has 13 rings (SSSR count). The van der Waals surface area contributed by atoms with E-state index in [1.54, 1.807) is 0 Å². The predicted molar refractivity (Wildman–Crippen MR) is 244 cm³/mol. The minimum Gasteiger partial charge on any atom is -0.454 e.